The van der Waals surface area contributed by atoms with Crippen LogP contribution in [0, 0.1) is 5.92 Å². The van der Waals surface area contributed by atoms with Crippen molar-refractivity contribution in [2.24, 2.45) is 5.92 Å². The number of benzene rings is 2. The molecule has 32 heavy (non-hydrogen) atoms. The summed E-state index contributed by atoms with van der Waals surface area (Å²) in [4.78, 5) is 26.9. The molecular formula is C27H30N2O2S. The Bertz CT molecular complexity index is 1140. The van der Waals surface area contributed by atoms with E-state index in [-0.39, 0.29) is 17.7 Å². The van der Waals surface area contributed by atoms with E-state index in [0.29, 0.717) is 5.75 Å². The van der Waals surface area contributed by atoms with Gasteiger partial charge in [0.25, 0.3) is 0 Å². The zero-order chi connectivity index (χ0) is 21.9. The fourth-order valence-corrected chi connectivity index (χ4v) is 6.07. The van der Waals surface area contributed by atoms with Crippen LogP contribution in [-0.4, -0.2) is 22.1 Å². The summed E-state index contributed by atoms with van der Waals surface area (Å²) < 4.78 is 1.96. The number of rotatable bonds is 5. The van der Waals surface area contributed by atoms with Crippen LogP contribution in [0.2, 0.25) is 0 Å². The van der Waals surface area contributed by atoms with E-state index >= 15 is 0 Å². The maximum Gasteiger partial charge on any atom is 0.241 e. The molecule has 0 radical (unpaired) electrons. The number of hydrogen-bond donors (Lipinski definition) is 1. The first-order chi connectivity index (χ1) is 15.7. The van der Waals surface area contributed by atoms with Crippen LogP contribution < -0.4 is 5.32 Å². The lowest BCUT2D eigenvalue weighted by Gasteiger charge is -2.20. The van der Waals surface area contributed by atoms with Crippen LogP contribution in [0.4, 0.5) is 5.69 Å². The molecule has 0 atom stereocenters. The van der Waals surface area contributed by atoms with E-state index in [9.17, 15) is 9.59 Å². The number of nitrogens with one attached hydrogen (secondary N) is 1. The van der Waals surface area contributed by atoms with Crippen LogP contribution in [0.15, 0.2) is 53.4 Å². The molecular weight excluding hydrogens is 416 g/mol. The van der Waals surface area contributed by atoms with Gasteiger partial charge in [0.2, 0.25) is 11.8 Å². The second-order valence-electron chi connectivity index (χ2n) is 9.02. The van der Waals surface area contributed by atoms with Gasteiger partial charge in [-0.25, -0.2) is 0 Å². The van der Waals surface area contributed by atoms with Gasteiger partial charge >= 0.3 is 0 Å². The first kappa shape index (κ1) is 21.3. The van der Waals surface area contributed by atoms with Crippen LogP contribution in [-0.2, 0) is 17.6 Å². The Morgan fingerprint density at radius 3 is 2.62 bits per heavy atom. The van der Waals surface area contributed by atoms with Gasteiger partial charge in [0.05, 0.1) is 11.3 Å². The van der Waals surface area contributed by atoms with Crippen molar-refractivity contribution >= 4 is 40.2 Å². The zero-order valence-electron chi connectivity index (χ0n) is 18.4. The maximum absolute atomic E-state index is 13.3. The molecule has 5 rings (SSSR count). The fourth-order valence-electron chi connectivity index (χ4n) is 5.26. The molecule has 3 aromatic rings. The van der Waals surface area contributed by atoms with E-state index in [4.69, 9.17) is 0 Å². The molecule has 1 N–H and O–H groups in total. The van der Waals surface area contributed by atoms with E-state index in [0.717, 1.165) is 61.0 Å². The average Bonchev–Trinajstić information content (AvgIpc) is 3.18. The van der Waals surface area contributed by atoms with E-state index in [1.165, 1.54) is 29.5 Å². The molecule has 2 aliphatic carbocycles. The topological polar surface area (TPSA) is 51.1 Å². The summed E-state index contributed by atoms with van der Waals surface area (Å²) >= 11 is 1.54. The van der Waals surface area contributed by atoms with Gasteiger partial charge in [0, 0.05) is 27.6 Å². The van der Waals surface area contributed by atoms with Crippen LogP contribution in [0.1, 0.15) is 61.0 Å². The van der Waals surface area contributed by atoms with Crippen molar-refractivity contribution in [3.63, 3.8) is 0 Å². The molecule has 1 fully saturated rings. The molecule has 2 aromatic carbocycles. The van der Waals surface area contributed by atoms with Gasteiger partial charge in [0.15, 0.2) is 0 Å². The maximum atomic E-state index is 13.3. The van der Waals surface area contributed by atoms with Crippen LogP contribution >= 0.6 is 11.8 Å². The van der Waals surface area contributed by atoms with Gasteiger partial charge in [-0.1, -0.05) is 43.5 Å². The van der Waals surface area contributed by atoms with Crippen molar-refractivity contribution in [3.05, 3.63) is 59.8 Å². The molecule has 0 spiro atoms. The minimum atomic E-state index is 0.131. The number of anilines is 1. The SMILES string of the molecule is O=C(Nc1cccc(SCC(=O)n2c3c(c4ccccc42)CCCC3)c1)C1CCCCC1. The molecule has 4 nitrogen and oxygen atoms in total. The number of amides is 1. The first-order valence-corrected chi connectivity index (χ1v) is 12.9. The fraction of sp³-hybridized carbons (Fsp3) is 0.407. The summed E-state index contributed by atoms with van der Waals surface area (Å²) in [7, 11) is 0. The zero-order valence-corrected chi connectivity index (χ0v) is 19.3. The summed E-state index contributed by atoms with van der Waals surface area (Å²) in [6, 6.07) is 16.2. The quantitative estimate of drug-likeness (QED) is 0.457. The van der Waals surface area contributed by atoms with Crippen molar-refractivity contribution in [3.8, 4) is 0 Å². The third kappa shape index (κ3) is 4.36. The molecule has 2 aliphatic rings. The molecule has 0 unspecified atom stereocenters. The lowest BCUT2D eigenvalue weighted by atomic mass is 9.88. The number of hydrogen-bond acceptors (Lipinski definition) is 3. The third-order valence-electron chi connectivity index (χ3n) is 6.87. The molecule has 0 aliphatic heterocycles. The summed E-state index contributed by atoms with van der Waals surface area (Å²) in [6.45, 7) is 0. The number of carbonyl (C=O) groups is 2. The molecule has 1 amide bonds. The van der Waals surface area contributed by atoms with E-state index in [1.807, 2.05) is 34.9 Å². The van der Waals surface area contributed by atoms with Gasteiger partial charge in [-0.2, -0.15) is 0 Å². The Morgan fingerprint density at radius 1 is 0.938 bits per heavy atom. The van der Waals surface area contributed by atoms with Crippen LogP contribution in [0.5, 0.6) is 0 Å². The van der Waals surface area contributed by atoms with Gasteiger partial charge in [-0.05, 0) is 68.4 Å². The van der Waals surface area contributed by atoms with E-state index in [1.54, 1.807) is 11.8 Å². The second-order valence-corrected chi connectivity index (χ2v) is 10.1. The van der Waals surface area contributed by atoms with Crippen LogP contribution in [0.3, 0.4) is 0 Å². The predicted molar refractivity (Wildman–Crippen MR) is 132 cm³/mol. The highest BCUT2D eigenvalue weighted by molar-refractivity contribution is 8.00. The van der Waals surface area contributed by atoms with Gasteiger partial charge in [-0.15, -0.1) is 11.8 Å². The van der Waals surface area contributed by atoms with Crippen LogP contribution in [0.25, 0.3) is 10.9 Å². The number of thioether (sulfide) groups is 1. The predicted octanol–water partition coefficient (Wildman–Crippen LogP) is 6.47. The Kier molecular flexibility index (Phi) is 6.35. The van der Waals surface area contributed by atoms with Crippen molar-refractivity contribution in [1.29, 1.82) is 0 Å². The highest BCUT2D eigenvalue weighted by Gasteiger charge is 2.23. The Labute approximate surface area is 193 Å². The van der Waals surface area contributed by atoms with Crippen molar-refractivity contribution in [2.75, 3.05) is 11.1 Å². The smallest absolute Gasteiger partial charge is 0.241 e. The lowest BCUT2D eigenvalue weighted by Crippen LogP contribution is -2.24. The molecule has 166 valence electrons. The lowest BCUT2D eigenvalue weighted by molar-refractivity contribution is -0.120. The number of nitrogens with zero attached hydrogens (tertiary/aromatic N) is 1. The van der Waals surface area contributed by atoms with E-state index < -0.39 is 0 Å². The summed E-state index contributed by atoms with van der Waals surface area (Å²) in [5.74, 6) is 0.778. The molecule has 0 saturated heterocycles. The number of aryl methyl sites for hydroxylation is 1. The molecule has 5 heteroatoms. The minimum Gasteiger partial charge on any atom is -0.326 e. The average molecular weight is 447 g/mol. The summed E-state index contributed by atoms with van der Waals surface area (Å²) in [6.07, 6.45) is 9.89. The minimum absolute atomic E-state index is 0.131. The molecule has 1 aromatic heterocycles. The Morgan fingerprint density at radius 2 is 1.75 bits per heavy atom. The second kappa shape index (κ2) is 9.53. The normalized spacial score (nSPS) is 16.6. The Hall–Kier alpha value is -2.53. The summed E-state index contributed by atoms with van der Waals surface area (Å²) in [5, 5.41) is 4.32. The molecule has 1 saturated carbocycles. The Balaban J connectivity index is 1.29. The van der Waals surface area contributed by atoms with Crippen molar-refractivity contribution in [2.45, 2.75) is 62.7 Å². The van der Waals surface area contributed by atoms with E-state index in [2.05, 4.69) is 23.5 Å². The molecule has 0 bridgehead atoms. The standard InChI is InChI=1S/C27H30N2O2S/c30-26(29-24-15-6-4-13-22(24)23-14-5-7-16-25(23)29)18-32-21-12-8-11-20(17-21)28-27(31)19-9-2-1-3-10-19/h4,6,8,11-13,15,17,19H,1-3,5,7,9-10,14,16,18H2,(H,28,31). The third-order valence-corrected chi connectivity index (χ3v) is 7.85. The highest BCUT2D eigenvalue weighted by Crippen LogP contribution is 2.33. The first-order valence-electron chi connectivity index (χ1n) is 11.9. The van der Waals surface area contributed by atoms with Gasteiger partial charge in [0.1, 0.15) is 0 Å². The number of para-hydroxylation sites is 1. The largest absolute Gasteiger partial charge is 0.326 e. The number of aromatic nitrogens is 1. The van der Waals surface area contributed by atoms with Crippen molar-refractivity contribution < 1.29 is 9.59 Å². The highest BCUT2D eigenvalue weighted by atomic mass is 32.2. The summed E-state index contributed by atoms with van der Waals surface area (Å²) in [5.41, 5.74) is 4.43. The van der Waals surface area contributed by atoms with Gasteiger partial charge < -0.3 is 5.32 Å². The van der Waals surface area contributed by atoms with Gasteiger partial charge in [-0.3, -0.25) is 14.2 Å². The molecule has 1 heterocycles. The number of fused-ring (bicyclic) bond motifs is 3. The monoisotopic (exact) mass is 446 g/mol. The number of carbonyl (C=O) groups excluding carboxylic acids is 2. The van der Waals surface area contributed by atoms with Crippen molar-refractivity contribution in [1.82, 2.24) is 4.57 Å².